The maximum atomic E-state index is 15.3. The molecule has 3 aliphatic rings. The zero-order valence-corrected chi connectivity index (χ0v) is 47.6. The van der Waals surface area contributed by atoms with Crippen LogP contribution in [0.1, 0.15) is 62.7 Å². The highest BCUT2D eigenvalue weighted by molar-refractivity contribution is 8.00. The van der Waals surface area contributed by atoms with E-state index in [9.17, 15) is 19.5 Å². The Bertz CT molecular complexity index is 3610. The number of nitrogens with zero attached hydrogens (tertiary/aromatic N) is 4. The Morgan fingerprint density at radius 2 is 1.09 bits per heavy atom. The highest BCUT2D eigenvalue weighted by Crippen LogP contribution is 2.44. The maximum Gasteiger partial charge on any atom is 0.410 e. The Balaban J connectivity index is 0.851. The number of carbonyl (C=O) groups is 4. The molecule has 424 valence electrons. The van der Waals surface area contributed by atoms with Gasteiger partial charge in [-0.15, -0.1) is 23.1 Å². The number of likely N-dealkylation sites (tertiary alicyclic amines) is 1. The minimum Gasteiger partial charge on any atom is -0.448 e. The van der Waals surface area contributed by atoms with Crippen LogP contribution in [0.4, 0.5) is 9.93 Å². The largest absolute Gasteiger partial charge is 0.448 e. The van der Waals surface area contributed by atoms with Crippen molar-refractivity contribution in [2.75, 3.05) is 30.8 Å². The number of fused-ring (bicyclic) bond motifs is 1. The monoisotopic (exact) mass is 1160 g/mol. The summed E-state index contributed by atoms with van der Waals surface area (Å²) in [6.45, 7) is -0.675. The van der Waals surface area contributed by atoms with E-state index in [-0.39, 0.29) is 54.5 Å². The van der Waals surface area contributed by atoms with Gasteiger partial charge in [0.25, 0.3) is 5.91 Å². The summed E-state index contributed by atoms with van der Waals surface area (Å²) in [7, 11) is 0. The first kappa shape index (κ1) is 55.9. The van der Waals surface area contributed by atoms with Crippen LogP contribution in [0.5, 0.6) is 0 Å². The van der Waals surface area contributed by atoms with Crippen molar-refractivity contribution in [2.45, 2.75) is 41.2 Å². The first-order valence-electron chi connectivity index (χ1n) is 27.9. The maximum absolute atomic E-state index is 15.3. The molecule has 0 aliphatic carbocycles. The molecule has 3 amide bonds. The molecular formula is C69H58N6O8S2. The van der Waals surface area contributed by atoms with Crippen molar-refractivity contribution < 1.29 is 38.6 Å². The molecule has 9 aromatic rings. The Morgan fingerprint density at radius 3 is 1.56 bits per heavy atom. The second-order valence-electron chi connectivity index (χ2n) is 20.7. The van der Waals surface area contributed by atoms with Gasteiger partial charge in [-0.25, -0.2) is 14.6 Å². The smallest absolute Gasteiger partial charge is 0.410 e. The average Bonchev–Trinajstić information content (AvgIpc) is 4.30. The Morgan fingerprint density at radius 1 is 0.635 bits per heavy atom. The number of ether oxygens (including phenoxy) is 2. The number of β-lactam (4-membered cyclic amide) rings is 1. The van der Waals surface area contributed by atoms with Gasteiger partial charge in [-0.1, -0.05) is 248 Å². The normalized spacial score (nSPS) is 16.9. The number of aliphatic hydroxyl groups is 1. The molecule has 0 radical (unpaired) electrons. The van der Waals surface area contributed by atoms with Crippen LogP contribution in [-0.2, 0) is 39.8 Å². The van der Waals surface area contributed by atoms with Gasteiger partial charge in [0, 0.05) is 39.9 Å². The molecule has 14 nitrogen and oxygen atoms in total. The summed E-state index contributed by atoms with van der Waals surface area (Å²) in [6.07, 6.45) is -2.56. The lowest BCUT2D eigenvalue weighted by molar-refractivity contribution is -0.151. The van der Waals surface area contributed by atoms with Gasteiger partial charge in [-0.3, -0.25) is 14.5 Å². The quantitative estimate of drug-likeness (QED) is 0.0231. The topological polar surface area (TPSA) is 172 Å². The summed E-state index contributed by atoms with van der Waals surface area (Å²) in [4.78, 5) is 71.7. The van der Waals surface area contributed by atoms with Crippen LogP contribution in [-0.4, -0.2) is 92.4 Å². The minimum atomic E-state index is -1.39. The van der Waals surface area contributed by atoms with E-state index in [2.05, 4.69) is 47.0 Å². The van der Waals surface area contributed by atoms with Crippen LogP contribution >= 0.6 is 23.1 Å². The number of thioether (sulfide) groups is 1. The van der Waals surface area contributed by atoms with Crippen LogP contribution in [0.3, 0.4) is 0 Å². The fraction of sp³-hybridized carbons (Fsp3) is 0.159. The minimum absolute atomic E-state index is 0.0485. The van der Waals surface area contributed by atoms with Gasteiger partial charge < -0.3 is 35.0 Å². The molecule has 2 fully saturated rings. The van der Waals surface area contributed by atoms with Gasteiger partial charge in [-0.2, -0.15) is 0 Å². The average molecular weight is 1160 g/mol. The number of anilines is 1. The molecule has 3 aliphatic heterocycles. The number of esters is 1. The molecule has 0 saturated carbocycles. The van der Waals surface area contributed by atoms with Crippen molar-refractivity contribution in [3.63, 3.8) is 0 Å². The second kappa shape index (κ2) is 25.1. The predicted octanol–water partition coefficient (Wildman–Crippen LogP) is 11.4. The van der Waals surface area contributed by atoms with Crippen molar-refractivity contribution >= 4 is 57.8 Å². The number of aliphatic hydroxyl groups excluding tert-OH is 1. The van der Waals surface area contributed by atoms with E-state index >= 15 is 4.79 Å². The predicted molar refractivity (Wildman–Crippen MR) is 328 cm³/mol. The number of hydrogen-bond donors (Lipinski definition) is 3. The van der Waals surface area contributed by atoms with Crippen molar-refractivity contribution in [3.8, 4) is 0 Å². The van der Waals surface area contributed by atoms with Gasteiger partial charge in [-0.05, 0) is 27.8 Å². The molecule has 3 N–H and O–H groups in total. The lowest BCUT2D eigenvalue weighted by atomic mass is 9.77. The number of carbonyl (C=O) groups excluding carboxylic acids is 4. The van der Waals surface area contributed by atoms with Crippen molar-refractivity contribution in [2.24, 2.45) is 5.16 Å². The van der Waals surface area contributed by atoms with Gasteiger partial charge in [0.15, 0.2) is 16.9 Å². The Kier molecular flexibility index (Phi) is 16.5. The lowest BCUT2D eigenvalue weighted by Crippen LogP contribution is -2.54. The van der Waals surface area contributed by atoms with E-state index in [0.717, 1.165) is 44.5 Å². The molecule has 3 unspecified atom stereocenters. The number of rotatable bonds is 19. The van der Waals surface area contributed by atoms with Crippen LogP contribution in [0.15, 0.2) is 264 Å². The number of oxime groups is 1. The number of thiazole rings is 1. The number of aromatic nitrogens is 1. The van der Waals surface area contributed by atoms with Crippen LogP contribution in [0, 0.1) is 0 Å². The molecule has 3 atom stereocenters. The number of β-amino-alcohol motifs (C(OH)–C–C–N with tert-alkyl or cyclic N) is 1. The third-order valence-electron chi connectivity index (χ3n) is 15.5. The second-order valence-corrected chi connectivity index (χ2v) is 22.7. The van der Waals surface area contributed by atoms with Gasteiger partial charge in [0.05, 0.1) is 30.5 Å². The first-order chi connectivity index (χ1) is 41.7. The summed E-state index contributed by atoms with van der Waals surface area (Å²) in [5.41, 5.74) is 4.63. The first-order valence-corrected chi connectivity index (χ1v) is 29.8. The SMILES string of the molecule is O=C(OC(c1ccccc1)c1ccccc1)C1=C(COC(=O)N2CC(O)C(NC(=O)/C(=N\OC(c3ccccc3)(c3ccccc3)c3ccccc3)c3csc(NC(c4ccccc4)(c4ccccc4)c4ccccc4)n3)C2)CSC2CC(=O)N12. The third kappa shape index (κ3) is 11.5. The molecule has 12 rings (SSSR count). The molecule has 16 heteroatoms. The number of amides is 3. The number of benzene rings is 8. The van der Waals surface area contributed by atoms with Crippen LogP contribution < -0.4 is 10.6 Å². The van der Waals surface area contributed by atoms with E-state index in [1.165, 1.54) is 32.9 Å². The highest BCUT2D eigenvalue weighted by Gasteiger charge is 2.47. The highest BCUT2D eigenvalue weighted by atomic mass is 32.2. The van der Waals surface area contributed by atoms with E-state index in [1.807, 2.05) is 206 Å². The Labute approximate surface area is 500 Å². The molecule has 1 aromatic heterocycles. The number of hydrogen-bond acceptors (Lipinski definition) is 13. The summed E-state index contributed by atoms with van der Waals surface area (Å²) < 4.78 is 12.2. The summed E-state index contributed by atoms with van der Waals surface area (Å²) in [6, 6.07) is 76.9. The van der Waals surface area contributed by atoms with Crippen LogP contribution in [0.2, 0.25) is 0 Å². The molecule has 0 spiro atoms. The molecule has 0 bridgehead atoms. The lowest BCUT2D eigenvalue weighted by Gasteiger charge is -2.44. The van der Waals surface area contributed by atoms with E-state index in [1.54, 1.807) is 5.38 Å². The molecule has 4 heterocycles. The van der Waals surface area contributed by atoms with Gasteiger partial charge in [0.2, 0.25) is 11.5 Å². The van der Waals surface area contributed by atoms with Crippen molar-refractivity contribution in [1.29, 1.82) is 0 Å². The van der Waals surface area contributed by atoms with Crippen LogP contribution in [0.25, 0.3) is 0 Å². The molecule has 8 aromatic carbocycles. The zero-order chi connectivity index (χ0) is 58.2. The number of nitrogens with one attached hydrogen (secondary N) is 2. The third-order valence-corrected chi connectivity index (χ3v) is 17.5. The molecular weight excluding hydrogens is 1100 g/mol. The zero-order valence-electron chi connectivity index (χ0n) is 45.9. The Hall–Kier alpha value is -9.61. The molecule has 85 heavy (non-hydrogen) atoms. The summed E-state index contributed by atoms with van der Waals surface area (Å²) in [5.74, 6) is -1.39. The van der Waals surface area contributed by atoms with Gasteiger partial charge >= 0.3 is 12.1 Å². The standard InChI is InChI=1S/C69H58N6O8S2/c76-58-43-74(67(80)81-44-49-45-84-60-41-59(77)75(60)62(49)65(79)82-63(47-25-9-1-10-26-47)48-27-11-2-12-28-48)42-56(58)70-64(78)61(73-83-69(53-35-19-6-20-36-53,54-37-21-7-22-38-54)55-39-23-8-24-40-55)57-46-85-66(71-57)72-68(50-29-13-3-14-30-50,51-31-15-4-16-32-51)52-33-17-5-18-34-52/h1-40,46,56,58,60,63,76H,41-45H2,(H,70,78)(H,71,72)/b73-61-. The summed E-state index contributed by atoms with van der Waals surface area (Å²) in [5, 5.41) is 25.3. The molecule has 2 saturated heterocycles. The van der Waals surface area contributed by atoms with Crippen molar-refractivity contribution in [1.82, 2.24) is 20.1 Å². The fourth-order valence-corrected chi connectivity index (χ4v) is 13.3. The van der Waals surface area contributed by atoms with E-state index in [0.29, 0.717) is 16.5 Å². The van der Waals surface area contributed by atoms with Crippen molar-refractivity contribution in [3.05, 3.63) is 310 Å². The van der Waals surface area contributed by atoms with Gasteiger partial charge in [0.1, 0.15) is 23.5 Å². The fourth-order valence-electron chi connectivity index (χ4n) is 11.3. The summed E-state index contributed by atoms with van der Waals surface area (Å²) >= 11 is 2.76. The van der Waals surface area contributed by atoms with E-state index < -0.39 is 47.4 Å². The van der Waals surface area contributed by atoms with E-state index in [4.69, 9.17) is 24.5 Å².